The molecule has 1 N–H and O–H groups in total. The highest BCUT2D eigenvalue weighted by atomic mass is 16.5. The molecular formula is C19H29N5O3. The third kappa shape index (κ3) is 4.95. The fourth-order valence-electron chi connectivity index (χ4n) is 3.06. The number of rotatable bonds is 6. The lowest BCUT2D eigenvalue weighted by atomic mass is 9.96. The lowest BCUT2D eigenvalue weighted by Gasteiger charge is -2.36. The van der Waals surface area contributed by atoms with E-state index in [-0.39, 0.29) is 17.4 Å². The highest BCUT2D eigenvalue weighted by Gasteiger charge is 2.28. The van der Waals surface area contributed by atoms with Crippen molar-refractivity contribution >= 4 is 5.91 Å². The molecule has 1 unspecified atom stereocenters. The number of amides is 1. The summed E-state index contributed by atoms with van der Waals surface area (Å²) in [4.78, 5) is 21.1. The van der Waals surface area contributed by atoms with Crippen LogP contribution in [0.2, 0.25) is 0 Å². The van der Waals surface area contributed by atoms with E-state index in [0.29, 0.717) is 18.2 Å². The highest BCUT2D eigenvalue weighted by Crippen LogP contribution is 2.24. The summed E-state index contributed by atoms with van der Waals surface area (Å²) in [5.74, 6) is 1.61. The molecule has 2 aromatic rings. The molecule has 3 rings (SSSR count). The van der Waals surface area contributed by atoms with Gasteiger partial charge in [-0.3, -0.25) is 14.6 Å². The molecule has 1 saturated heterocycles. The summed E-state index contributed by atoms with van der Waals surface area (Å²) in [7, 11) is 0. The number of aromatic nitrogens is 2. The van der Waals surface area contributed by atoms with Gasteiger partial charge in [0.05, 0.1) is 12.3 Å². The van der Waals surface area contributed by atoms with Gasteiger partial charge < -0.3 is 14.3 Å². The van der Waals surface area contributed by atoms with Gasteiger partial charge in [0.2, 0.25) is 5.89 Å². The number of nitrogens with zero attached hydrogens (tertiary/aromatic N) is 4. The van der Waals surface area contributed by atoms with Crippen LogP contribution in [0.5, 0.6) is 0 Å². The predicted molar refractivity (Wildman–Crippen MR) is 100 cm³/mol. The molecule has 1 aliphatic rings. The number of carbonyl (C=O) groups excluding carboxylic acids is 1. The second-order valence-electron chi connectivity index (χ2n) is 7.99. The van der Waals surface area contributed by atoms with E-state index in [1.165, 1.54) is 6.26 Å². The molecule has 27 heavy (non-hydrogen) atoms. The average Bonchev–Trinajstić information content (AvgIpc) is 3.33. The molecule has 0 radical (unpaired) electrons. The third-order valence-corrected chi connectivity index (χ3v) is 4.88. The molecule has 1 amide bonds. The summed E-state index contributed by atoms with van der Waals surface area (Å²) in [5, 5.41) is 7.01. The van der Waals surface area contributed by atoms with E-state index in [4.69, 9.17) is 8.94 Å². The molecule has 148 valence electrons. The number of furan rings is 1. The van der Waals surface area contributed by atoms with Crippen LogP contribution in [0.15, 0.2) is 27.3 Å². The van der Waals surface area contributed by atoms with Crippen LogP contribution in [0.1, 0.15) is 56.0 Å². The maximum absolute atomic E-state index is 11.9. The fraction of sp³-hybridized carbons (Fsp3) is 0.632. The van der Waals surface area contributed by atoms with Crippen LogP contribution < -0.4 is 5.32 Å². The van der Waals surface area contributed by atoms with Crippen LogP contribution >= 0.6 is 0 Å². The quantitative estimate of drug-likeness (QED) is 0.827. The maximum atomic E-state index is 11.9. The minimum atomic E-state index is -0.168. The van der Waals surface area contributed by atoms with Crippen molar-refractivity contribution in [1.82, 2.24) is 25.3 Å². The van der Waals surface area contributed by atoms with Crippen molar-refractivity contribution in [3.63, 3.8) is 0 Å². The number of nitrogens with one attached hydrogen (secondary N) is 1. The minimum absolute atomic E-state index is 0.106. The predicted octanol–water partition coefficient (Wildman–Crippen LogP) is 2.07. The Hall–Kier alpha value is -2.19. The Bertz CT molecular complexity index is 727. The van der Waals surface area contributed by atoms with Crippen molar-refractivity contribution < 1.29 is 13.7 Å². The Morgan fingerprint density at radius 1 is 1.30 bits per heavy atom. The molecule has 8 nitrogen and oxygen atoms in total. The van der Waals surface area contributed by atoms with E-state index in [0.717, 1.165) is 38.5 Å². The molecule has 0 bridgehead atoms. The smallest absolute Gasteiger partial charge is 0.287 e. The molecule has 0 aromatic carbocycles. The van der Waals surface area contributed by atoms with Crippen molar-refractivity contribution in [2.45, 2.75) is 39.2 Å². The van der Waals surface area contributed by atoms with Gasteiger partial charge in [0, 0.05) is 44.7 Å². The highest BCUT2D eigenvalue weighted by molar-refractivity contribution is 5.91. The van der Waals surface area contributed by atoms with Crippen LogP contribution in [0, 0.1) is 0 Å². The van der Waals surface area contributed by atoms with Crippen LogP contribution in [-0.2, 0) is 5.41 Å². The van der Waals surface area contributed by atoms with Gasteiger partial charge in [-0.2, -0.15) is 4.98 Å². The van der Waals surface area contributed by atoms with Gasteiger partial charge >= 0.3 is 0 Å². The second-order valence-corrected chi connectivity index (χ2v) is 7.99. The third-order valence-electron chi connectivity index (χ3n) is 4.88. The van der Waals surface area contributed by atoms with Crippen LogP contribution in [0.4, 0.5) is 0 Å². The number of hydrogen-bond acceptors (Lipinski definition) is 7. The SMILES string of the molecule is CC(c1nc(C(C)(C)C)no1)N1CCN(CCNC(=O)c2ccco2)CC1. The lowest BCUT2D eigenvalue weighted by Crippen LogP contribution is -2.49. The van der Waals surface area contributed by atoms with Gasteiger partial charge in [-0.05, 0) is 19.1 Å². The van der Waals surface area contributed by atoms with Crippen molar-refractivity contribution in [3.05, 3.63) is 35.9 Å². The summed E-state index contributed by atoms with van der Waals surface area (Å²) in [6, 6.07) is 3.48. The zero-order valence-corrected chi connectivity index (χ0v) is 16.6. The Morgan fingerprint density at radius 2 is 2.04 bits per heavy atom. The van der Waals surface area contributed by atoms with E-state index >= 15 is 0 Å². The van der Waals surface area contributed by atoms with Crippen LogP contribution in [0.25, 0.3) is 0 Å². The fourth-order valence-corrected chi connectivity index (χ4v) is 3.06. The minimum Gasteiger partial charge on any atom is -0.459 e. The molecule has 0 aliphatic carbocycles. The number of piperazine rings is 1. The largest absolute Gasteiger partial charge is 0.459 e. The molecule has 8 heteroatoms. The van der Waals surface area contributed by atoms with Crippen molar-refractivity contribution in [2.24, 2.45) is 0 Å². The van der Waals surface area contributed by atoms with Gasteiger partial charge in [0.1, 0.15) is 0 Å². The van der Waals surface area contributed by atoms with Gasteiger partial charge in [0.15, 0.2) is 11.6 Å². The van der Waals surface area contributed by atoms with Crippen LogP contribution in [-0.4, -0.2) is 65.1 Å². The Morgan fingerprint density at radius 3 is 2.63 bits per heavy atom. The normalized spacial score (nSPS) is 17.8. The van der Waals surface area contributed by atoms with Crippen LogP contribution in [0.3, 0.4) is 0 Å². The Labute approximate surface area is 159 Å². The Balaban J connectivity index is 1.42. The van der Waals surface area contributed by atoms with Gasteiger partial charge in [-0.15, -0.1) is 0 Å². The van der Waals surface area contributed by atoms with E-state index in [1.54, 1.807) is 12.1 Å². The molecular weight excluding hydrogens is 346 g/mol. The Kier molecular flexibility index (Phi) is 5.96. The monoisotopic (exact) mass is 375 g/mol. The molecule has 3 heterocycles. The van der Waals surface area contributed by atoms with Gasteiger partial charge in [-0.25, -0.2) is 0 Å². The topological polar surface area (TPSA) is 87.6 Å². The van der Waals surface area contributed by atoms with E-state index in [9.17, 15) is 4.79 Å². The van der Waals surface area contributed by atoms with Crippen molar-refractivity contribution in [3.8, 4) is 0 Å². The van der Waals surface area contributed by atoms with Crippen molar-refractivity contribution in [1.29, 1.82) is 0 Å². The standard InChI is InChI=1S/C19H29N5O3/c1-14(17-21-18(22-27-17)19(2,3)4)24-11-9-23(10-12-24)8-7-20-16(25)15-6-5-13-26-15/h5-6,13-14H,7-12H2,1-4H3,(H,20,25). The first-order chi connectivity index (χ1) is 12.8. The summed E-state index contributed by atoms with van der Waals surface area (Å²) < 4.78 is 10.6. The van der Waals surface area contributed by atoms with Crippen molar-refractivity contribution in [2.75, 3.05) is 39.3 Å². The first-order valence-corrected chi connectivity index (χ1v) is 9.47. The summed E-state index contributed by atoms with van der Waals surface area (Å²) >= 11 is 0. The zero-order valence-electron chi connectivity index (χ0n) is 16.6. The maximum Gasteiger partial charge on any atom is 0.287 e. The average molecular weight is 375 g/mol. The molecule has 1 aliphatic heterocycles. The van der Waals surface area contributed by atoms with E-state index < -0.39 is 0 Å². The molecule has 1 atom stereocenters. The molecule has 0 spiro atoms. The summed E-state index contributed by atoms with van der Waals surface area (Å²) in [6.07, 6.45) is 1.50. The second kappa shape index (κ2) is 8.22. The van der Waals surface area contributed by atoms with Gasteiger partial charge in [0.25, 0.3) is 5.91 Å². The zero-order chi connectivity index (χ0) is 19.4. The molecule has 2 aromatic heterocycles. The van der Waals surface area contributed by atoms with Gasteiger partial charge in [-0.1, -0.05) is 25.9 Å². The molecule has 1 fully saturated rings. The summed E-state index contributed by atoms with van der Waals surface area (Å²) in [6.45, 7) is 13.5. The lowest BCUT2D eigenvalue weighted by molar-refractivity contribution is 0.0838. The molecule has 0 saturated carbocycles. The van der Waals surface area contributed by atoms with E-state index in [2.05, 4.69) is 53.0 Å². The number of hydrogen-bond donors (Lipinski definition) is 1. The summed E-state index contributed by atoms with van der Waals surface area (Å²) in [5.41, 5.74) is -0.111. The number of carbonyl (C=O) groups is 1. The first-order valence-electron chi connectivity index (χ1n) is 9.47. The van der Waals surface area contributed by atoms with E-state index in [1.807, 2.05) is 0 Å². The first kappa shape index (κ1) is 19.6.